The Kier molecular flexibility index (Phi) is 7.64. The molecule has 2 aliphatic heterocycles. The Labute approximate surface area is 236 Å². The molecule has 1 aromatic carbocycles. The van der Waals surface area contributed by atoms with E-state index in [0.717, 1.165) is 84.8 Å². The summed E-state index contributed by atoms with van der Waals surface area (Å²) in [5.41, 5.74) is 2.56. The number of aromatic nitrogens is 1. The molecule has 4 fully saturated rings. The predicted molar refractivity (Wildman–Crippen MR) is 156 cm³/mol. The SMILES string of the molecule is N#CC1(NC(=O)[C@@H]2CCCC[C@H]2c2nc(C3CCCOC3)sc2-c2ccc(N3CCS(O)(O)CC3)cc2)CC1. The standard InChI is InChI=1S/C29H38N4O4S2/c30-19-29(11-12-29)32-27(34)24-6-2-1-5-23(24)25-26(38-28(31-25)21-4-3-15-37-18-21)20-7-9-22(10-8-20)33-13-16-39(35,36)17-14-33/h7-10,21,23-24,35-36H,1-6,11-18H2,(H,32,34)/t21?,23-,24-/m1/s1. The quantitative estimate of drug-likeness (QED) is 0.406. The maximum atomic E-state index is 13.5. The normalized spacial score (nSPS) is 28.7. The van der Waals surface area contributed by atoms with Gasteiger partial charge in [0.15, 0.2) is 0 Å². The molecule has 3 heterocycles. The van der Waals surface area contributed by atoms with E-state index in [1.54, 1.807) is 11.3 Å². The summed E-state index contributed by atoms with van der Waals surface area (Å²) in [5.74, 6) is 0.981. The van der Waals surface area contributed by atoms with Crippen LogP contribution >= 0.6 is 21.9 Å². The van der Waals surface area contributed by atoms with Crippen LogP contribution in [0.3, 0.4) is 0 Å². The van der Waals surface area contributed by atoms with Crippen LogP contribution in [0, 0.1) is 17.2 Å². The number of carbonyl (C=O) groups is 1. The summed E-state index contributed by atoms with van der Waals surface area (Å²) in [4.78, 5) is 22.1. The number of thiazole rings is 1. The topological polar surface area (TPSA) is 119 Å². The minimum atomic E-state index is -2.43. The van der Waals surface area contributed by atoms with Crippen LogP contribution in [0.15, 0.2) is 24.3 Å². The number of nitrogens with zero attached hydrogens (tertiary/aromatic N) is 3. The van der Waals surface area contributed by atoms with E-state index in [4.69, 9.17) is 9.72 Å². The van der Waals surface area contributed by atoms with Crippen LogP contribution < -0.4 is 10.2 Å². The van der Waals surface area contributed by atoms with Crippen LogP contribution in [0.5, 0.6) is 0 Å². The average molecular weight is 571 g/mol. The lowest BCUT2D eigenvalue weighted by molar-refractivity contribution is -0.127. The highest BCUT2D eigenvalue weighted by Gasteiger charge is 2.47. The molecular formula is C29H38N4O4S2. The maximum absolute atomic E-state index is 13.5. The average Bonchev–Trinajstić information content (AvgIpc) is 3.60. The monoisotopic (exact) mass is 570 g/mol. The van der Waals surface area contributed by atoms with Gasteiger partial charge in [0.2, 0.25) is 5.91 Å². The van der Waals surface area contributed by atoms with Crippen molar-refractivity contribution >= 4 is 33.5 Å². The van der Waals surface area contributed by atoms with Gasteiger partial charge in [0.1, 0.15) is 5.54 Å². The molecule has 2 aromatic rings. The summed E-state index contributed by atoms with van der Waals surface area (Å²) in [6, 6.07) is 10.8. The number of anilines is 1. The Morgan fingerprint density at radius 3 is 2.54 bits per heavy atom. The molecule has 3 N–H and O–H groups in total. The molecule has 8 nitrogen and oxygen atoms in total. The van der Waals surface area contributed by atoms with Gasteiger partial charge < -0.3 is 15.0 Å². The van der Waals surface area contributed by atoms with Gasteiger partial charge in [-0.2, -0.15) is 15.9 Å². The highest BCUT2D eigenvalue weighted by molar-refractivity contribution is 8.24. The lowest BCUT2D eigenvalue weighted by Gasteiger charge is -2.41. The van der Waals surface area contributed by atoms with E-state index in [1.807, 2.05) is 0 Å². The highest BCUT2D eigenvalue weighted by atomic mass is 32.3. The molecule has 1 aromatic heterocycles. The van der Waals surface area contributed by atoms with Crippen molar-refractivity contribution in [1.82, 2.24) is 10.3 Å². The van der Waals surface area contributed by atoms with Gasteiger partial charge >= 0.3 is 0 Å². The van der Waals surface area contributed by atoms with Crippen LogP contribution in [0.25, 0.3) is 10.4 Å². The summed E-state index contributed by atoms with van der Waals surface area (Å²) in [6.07, 6.45) is 7.42. The molecular weight excluding hydrogens is 532 g/mol. The van der Waals surface area contributed by atoms with Gasteiger partial charge in [0.25, 0.3) is 0 Å². The largest absolute Gasteiger partial charge is 0.381 e. The molecule has 39 heavy (non-hydrogen) atoms. The zero-order valence-electron chi connectivity index (χ0n) is 22.3. The summed E-state index contributed by atoms with van der Waals surface area (Å²) >= 11 is 1.75. The first-order chi connectivity index (χ1) is 18.9. The molecule has 210 valence electrons. The van der Waals surface area contributed by atoms with E-state index in [2.05, 4.69) is 40.6 Å². The highest BCUT2D eigenvalue weighted by Crippen LogP contribution is 2.47. The molecule has 0 radical (unpaired) electrons. The summed E-state index contributed by atoms with van der Waals surface area (Å²) in [5, 5.41) is 13.7. The molecule has 2 aliphatic carbocycles. The van der Waals surface area contributed by atoms with Gasteiger partial charge in [0.05, 0.1) is 39.8 Å². The first kappa shape index (κ1) is 27.0. The van der Waals surface area contributed by atoms with Crippen molar-refractivity contribution in [1.29, 1.82) is 5.26 Å². The van der Waals surface area contributed by atoms with Gasteiger partial charge in [0, 0.05) is 43.1 Å². The molecule has 6 rings (SSSR count). The number of benzene rings is 1. The van der Waals surface area contributed by atoms with E-state index in [9.17, 15) is 19.2 Å². The number of ether oxygens (including phenoxy) is 1. The van der Waals surface area contributed by atoms with Gasteiger partial charge in [-0.05, 0) is 56.2 Å². The molecule has 2 saturated heterocycles. The zero-order chi connectivity index (χ0) is 27.0. The number of carbonyl (C=O) groups excluding carboxylic acids is 1. The van der Waals surface area contributed by atoms with Gasteiger partial charge in [-0.25, -0.2) is 4.98 Å². The van der Waals surface area contributed by atoms with Crippen LogP contribution in [0.1, 0.15) is 73.9 Å². The number of hydrogen-bond acceptors (Lipinski definition) is 8. The second-order valence-electron chi connectivity index (χ2n) is 11.6. The van der Waals surface area contributed by atoms with Crippen molar-refractivity contribution in [2.45, 2.75) is 68.7 Å². The van der Waals surface area contributed by atoms with Crippen LogP contribution in [-0.2, 0) is 9.53 Å². The van der Waals surface area contributed by atoms with E-state index < -0.39 is 16.1 Å². The van der Waals surface area contributed by atoms with E-state index in [0.29, 0.717) is 31.2 Å². The lowest BCUT2D eigenvalue weighted by Crippen LogP contribution is -2.42. The minimum Gasteiger partial charge on any atom is -0.381 e. The molecule has 10 heteroatoms. The Balaban J connectivity index is 1.30. The first-order valence-electron chi connectivity index (χ1n) is 14.3. The summed E-state index contributed by atoms with van der Waals surface area (Å²) in [7, 11) is -2.43. The van der Waals surface area contributed by atoms with Crippen LogP contribution in [0.4, 0.5) is 5.69 Å². The van der Waals surface area contributed by atoms with Crippen LogP contribution in [-0.4, -0.2) is 63.3 Å². The Morgan fingerprint density at radius 1 is 1.13 bits per heavy atom. The number of nitrogens with one attached hydrogen (secondary N) is 1. The van der Waals surface area contributed by atoms with E-state index in [1.165, 1.54) is 0 Å². The summed E-state index contributed by atoms with van der Waals surface area (Å²) < 4.78 is 25.8. The molecule has 1 amide bonds. The Morgan fingerprint density at radius 2 is 1.87 bits per heavy atom. The molecule has 2 saturated carbocycles. The third-order valence-corrected chi connectivity index (χ3v) is 11.8. The van der Waals surface area contributed by atoms with Crippen molar-refractivity contribution < 1.29 is 18.6 Å². The molecule has 1 unspecified atom stereocenters. The fourth-order valence-corrected chi connectivity index (χ4v) is 8.71. The van der Waals surface area contributed by atoms with E-state index in [-0.39, 0.29) is 23.7 Å². The van der Waals surface area contributed by atoms with Crippen LogP contribution in [0.2, 0.25) is 0 Å². The second-order valence-corrected chi connectivity index (χ2v) is 15.1. The molecule has 3 atom stereocenters. The number of nitriles is 1. The fraction of sp³-hybridized carbons (Fsp3) is 0.621. The van der Waals surface area contributed by atoms with Gasteiger partial charge in [-0.1, -0.05) is 25.0 Å². The minimum absolute atomic E-state index is 0.00617. The Bertz CT molecular complexity index is 1220. The van der Waals surface area contributed by atoms with Crippen molar-refractivity contribution in [2.75, 3.05) is 42.7 Å². The van der Waals surface area contributed by atoms with Gasteiger partial charge in [-0.3, -0.25) is 13.9 Å². The third-order valence-electron chi connectivity index (χ3n) is 8.83. The van der Waals surface area contributed by atoms with Crippen molar-refractivity contribution in [3.8, 4) is 16.5 Å². The number of rotatable bonds is 6. The Hall–Kier alpha value is -2.16. The second kappa shape index (κ2) is 11.0. The first-order valence-corrected chi connectivity index (χ1v) is 17.0. The summed E-state index contributed by atoms with van der Waals surface area (Å²) in [6.45, 7) is 2.78. The number of hydrogen-bond donors (Lipinski definition) is 3. The fourth-order valence-electron chi connectivity index (χ4n) is 6.22. The molecule has 4 aliphatic rings. The smallest absolute Gasteiger partial charge is 0.225 e. The molecule has 0 spiro atoms. The predicted octanol–water partition coefficient (Wildman–Crippen LogP) is 5.72. The van der Waals surface area contributed by atoms with Crippen molar-refractivity contribution in [2.24, 2.45) is 5.92 Å². The zero-order valence-corrected chi connectivity index (χ0v) is 23.9. The third kappa shape index (κ3) is 5.84. The van der Waals surface area contributed by atoms with Crippen molar-refractivity contribution in [3.63, 3.8) is 0 Å². The van der Waals surface area contributed by atoms with E-state index >= 15 is 0 Å². The lowest BCUT2D eigenvalue weighted by atomic mass is 9.76. The van der Waals surface area contributed by atoms with Crippen molar-refractivity contribution in [3.05, 3.63) is 35.0 Å². The maximum Gasteiger partial charge on any atom is 0.225 e. The van der Waals surface area contributed by atoms with Gasteiger partial charge in [-0.15, -0.1) is 11.3 Å². The molecule has 0 bridgehead atoms. The number of amides is 1.